The highest BCUT2D eigenvalue weighted by atomic mass is 16.5. The van der Waals surface area contributed by atoms with E-state index in [1.54, 1.807) is 29.7 Å². The van der Waals surface area contributed by atoms with Crippen LogP contribution in [0.25, 0.3) is 16.8 Å². The van der Waals surface area contributed by atoms with Gasteiger partial charge in [0, 0.05) is 12.4 Å². The van der Waals surface area contributed by atoms with E-state index in [1.165, 1.54) is 0 Å². The van der Waals surface area contributed by atoms with Gasteiger partial charge in [-0.15, -0.1) is 0 Å². The molecule has 0 amide bonds. The van der Waals surface area contributed by atoms with Gasteiger partial charge in [-0.05, 0) is 42.3 Å². The second-order valence-electron chi connectivity index (χ2n) is 4.72. The normalized spacial score (nSPS) is 10.4. The Morgan fingerprint density at radius 3 is 2.59 bits per heavy atom. The van der Waals surface area contributed by atoms with Crippen LogP contribution >= 0.6 is 0 Å². The lowest BCUT2D eigenvalue weighted by molar-refractivity contribution is 0.0520. The van der Waals surface area contributed by atoms with Gasteiger partial charge in [-0.1, -0.05) is 12.1 Å². The Hall–Kier alpha value is -3.13. The second-order valence-corrected chi connectivity index (χ2v) is 4.72. The van der Waals surface area contributed by atoms with Gasteiger partial charge in [0.25, 0.3) is 0 Å². The Balaban J connectivity index is 1.98. The van der Waals surface area contributed by atoms with Crippen LogP contribution in [0.4, 0.5) is 0 Å². The molecule has 108 valence electrons. The van der Waals surface area contributed by atoms with Crippen LogP contribution in [0.15, 0.2) is 48.8 Å². The van der Waals surface area contributed by atoms with Crippen molar-refractivity contribution in [2.45, 2.75) is 6.92 Å². The first kappa shape index (κ1) is 13.8. The summed E-state index contributed by atoms with van der Waals surface area (Å²) in [6, 6.07) is 13.2. The molecule has 2 aromatic heterocycles. The fourth-order valence-corrected chi connectivity index (χ4v) is 2.20. The van der Waals surface area contributed by atoms with E-state index in [2.05, 4.69) is 11.1 Å². The third kappa shape index (κ3) is 2.54. The maximum Gasteiger partial charge on any atom is 0.358 e. The zero-order valence-corrected chi connectivity index (χ0v) is 12.0. The summed E-state index contributed by atoms with van der Waals surface area (Å²) in [6.07, 6.45) is 3.55. The summed E-state index contributed by atoms with van der Waals surface area (Å²) in [5.41, 5.74) is 3.56. The monoisotopic (exact) mass is 291 g/mol. The fraction of sp³-hybridized carbons (Fsp3) is 0.118. The number of aromatic nitrogens is 2. The molecule has 0 saturated heterocycles. The number of benzene rings is 1. The van der Waals surface area contributed by atoms with Crippen molar-refractivity contribution in [3.63, 3.8) is 0 Å². The van der Waals surface area contributed by atoms with Crippen LogP contribution in [-0.2, 0) is 4.74 Å². The molecule has 2 heterocycles. The molecular formula is C17H13N3O2. The minimum Gasteiger partial charge on any atom is -0.461 e. The summed E-state index contributed by atoms with van der Waals surface area (Å²) in [5, 5.41) is 8.83. The molecule has 0 radical (unpaired) electrons. The largest absolute Gasteiger partial charge is 0.461 e. The summed E-state index contributed by atoms with van der Waals surface area (Å²) < 4.78 is 6.74. The number of nitrogens with zero attached hydrogens (tertiary/aromatic N) is 3. The molecule has 3 aromatic rings. The van der Waals surface area contributed by atoms with Crippen LogP contribution in [0.2, 0.25) is 0 Å². The standard InChI is InChI=1S/C17H13N3O2/c1-2-22-17(21)15-11-20-10-14(7-8-16(20)19-15)13-5-3-12(9-18)4-6-13/h3-8,10-11H,2H2,1H3. The van der Waals surface area contributed by atoms with Gasteiger partial charge in [0.05, 0.1) is 18.2 Å². The Labute approximate surface area is 127 Å². The van der Waals surface area contributed by atoms with Crippen molar-refractivity contribution in [1.82, 2.24) is 9.38 Å². The topological polar surface area (TPSA) is 67.4 Å². The summed E-state index contributed by atoms with van der Waals surface area (Å²) in [6.45, 7) is 2.08. The number of nitriles is 1. The lowest BCUT2D eigenvalue weighted by atomic mass is 10.1. The maximum atomic E-state index is 11.7. The van der Waals surface area contributed by atoms with E-state index in [9.17, 15) is 4.79 Å². The molecule has 0 fully saturated rings. The van der Waals surface area contributed by atoms with Gasteiger partial charge < -0.3 is 9.14 Å². The SMILES string of the molecule is CCOC(=O)c1cn2cc(-c3ccc(C#N)cc3)ccc2n1. The summed E-state index contributed by atoms with van der Waals surface area (Å²) >= 11 is 0. The van der Waals surface area contributed by atoms with Gasteiger partial charge in [0.15, 0.2) is 5.69 Å². The van der Waals surface area contributed by atoms with Crippen LogP contribution in [0.5, 0.6) is 0 Å². The van der Waals surface area contributed by atoms with Crippen LogP contribution < -0.4 is 0 Å². The smallest absolute Gasteiger partial charge is 0.358 e. The van der Waals surface area contributed by atoms with Crippen molar-refractivity contribution in [3.8, 4) is 17.2 Å². The highest BCUT2D eigenvalue weighted by Gasteiger charge is 2.11. The quantitative estimate of drug-likeness (QED) is 0.695. The Morgan fingerprint density at radius 1 is 1.18 bits per heavy atom. The van der Waals surface area contributed by atoms with E-state index in [0.717, 1.165) is 11.1 Å². The number of hydrogen-bond donors (Lipinski definition) is 0. The number of imidazole rings is 1. The molecule has 0 saturated carbocycles. The Bertz CT molecular complexity index is 873. The first-order valence-corrected chi connectivity index (χ1v) is 6.87. The molecule has 5 nitrogen and oxygen atoms in total. The molecule has 0 unspecified atom stereocenters. The number of pyridine rings is 1. The van der Waals surface area contributed by atoms with Gasteiger partial charge in [0.1, 0.15) is 5.65 Å². The number of fused-ring (bicyclic) bond motifs is 1. The van der Waals surface area contributed by atoms with Crippen molar-refractivity contribution >= 4 is 11.6 Å². The zero-order chi connectivity index (χ0) is 15.5. The number of carbonyl (C=O) groups is 1. The minimum absolute atomic E-state index is 0.291. The molecule has 1 aromatic carbocycles. The van der Waals surface area contributed by atoms with E-state index in [1.807, 2.05) is 30.5 Å². The van der Waals surface area contributed by atoms with E-state index in [-0.39, 0.29) is 0 Å². The summed E-state index contributed by atoms with van der Waals surface area (Å²) in [5.74, 6) is -0.425. The Kier molecular flexibility index (Phi) is 3.58. The number of esters is 1. The highest BCUT2D eigenvalue weighted by Crippen LogP contribution is 2.21. The van der Waals surface area contributed by atoms with Crippen LogP contribution in [0.3, 0.4) is 0 Å². The molecule has 0 aliphatic heterocycles. The molecule has 22 heavy (non-hydrogen) atoms. The highest BCUT2D eigenvalue weighted by molar-refractivity contribution is 5.88. The molecule has 3 rings (SSSR count). The van der Waals surface area contributed by atoms with Crippen molar-refractivity contribution < 1.29 is 9.53 Å². The van der Waals surface area contributed by atoms with Gasteiger partial charge >= 0.3 is 5.97 Å². The predicted octanol–water partition coefficient (Wildman–Crippen LogP) is 3.05. The van der Waals surface area contributed by atoms with E-state index >= 15 is 0 Å². The maximum absolute atomic E-state index is 11.7. The van der Waals surface area contributed by atoms with Crippen molar-refractivity contribution in [3.05, 3.63) is 60.0 Å². The van der Waals surface area contributed by atoms with Crippen molar-refractivity contribution in [1.29, 1.82) is 5.26 Å². The zero-order valence-electron chi connectivity index (χ0n) is 12.0. The third-order valence-corrected chi connectivity index (χ3v) is 3.28. The number of ether oxygens (including phenoxy) is 1. The van der Waals surface area contributed by atoms with Crippen LogP contribution in [-0.4, -0.2) is 22.0 Å². The first-order chi connectivity index (χ1) is 10.7. The molecule has 0 bridgehead atoms. The van der Waals surface area contributed by atoms with Gasteiger partial charge in [-0.3, -0.25) is 0 Å². The molecular weight excluding hydrogens is 278 g/mol. The number of hydrogen-bond acceptors (Lipinski definition) is 4. The predicted molar refractivity (Wildman–Crippen MR) is 81.3 cm³/mol. The van der Waals surface area contributed by atoms with Crippen molar-refractivity contribution in [2.75, 3.05) is 6.61 Å². The lowest BCUT2D eigenvalue weighted by Crippen LogP contribution is -2.04. The van der Waals surface area contributed by atoms with E-state index in [0.29, 0.717) is 23.5 Å². The number of carbonyl (C=O) groups excluding carboxylic acids is 1. The molecule has 0 atom stereocenters. The molecule has 0 spiro atoms. The summed E-state index contributed by atoms with van der Waals surface area (Å²) in [7, 11) is 0. The molecule has 5 heteroatoms. The molecule has 0 N–H and O–H groups in total. The average Bonchev–Trinajstić information content (AvgIpc) is 2.98. The second kappa shape index (κ2) is 5.70. The third-order valence-electron chi connectivity index (χ3n) is 3.28. The van der Waals surface area contributed by atoms with Crippen molar-refractivity contribution in [2.24, 2.45) is 0 Å². The Morgan fingerprint density at radius 2 is 1.91 bits per heavy atom. The first-order valence-electron chi connectivity index (χ1n) is 6.87. The number of rotatable bonds is 3. The summed E-state index contributed by atoms with van der Waals surface area (Å²) in [4.78, 5) is 15.9. The molecule has 0 aliphatic carbocycles. The lowest BCUT2D eigenvalue weighted by Gasteiger charge is -2.02. The minimum atomic E-state index is -0.425. The van der Waals surface area contributed by atoms with Crippen LogP contribution in [0, 0.1) is 11.3 Å². The van der Waals surface area contributed by atoms with Gasteiger partial charge in [-0.25, -0.2) is 9.78 Å². The fourth-order valence-electron chi connectivity index (χ4n) is 2.20. The van der Waals surface area contributed by atoms with E-state index in [4.69, 9.17) is 10.00 Å². The average molecular weight is 291 g/mol. The van der Waals surface area contributed by atoms with Crippen LogP contribution in [0.1, 0.15) is 23.0 Å². The van der Waals surface area contributed by atoms with Gasteiger partial charge in [0.2, 0.25) is 0 Å². The van der Waals surface area contributed by atoms with E-state index < -0.39 is 5.97 Å². The molecule has 0 aliphatic rings. The van der Waals surface area contributed by atoms with Gasteiger partial charge in [-0.2, -0.15) is 5.26 Å².